The van der Waals surface area contributed by atoms with E-state index in [0.717, 1.165) is 16.0 Å². The first-order valence-electron chi connectivity index (χ1n) is 6.71. The molecule has 0 spiro atoms. The van der Waals surface area contributed by atoms with Crippen molar-refractivity contribution < 1.29 is 19.5 Å². The number of rotatable bonds is 2. The molecule has 1 heterocycles. The molecule has 0 aliphatic carbocycles. The second-order valence-electron chi connectivity index (χ2n) is 5.26. The van der Waals surface area contributed by atoms with E-state index in [1.54, 1.807) is 12.1 Å². The average Bonchev–Trinajstić information content (AvgIpc) is 2.73. The number of carbonyl (C=O) groups is 3. The standard InChI is InChI=1S/C17H13NO4/c1-9-3-5-12(7-10(9)2)18-15(19)13-6-4-11(17(21)22)8-14(13)16(18)20/h3-8H,1-2H3,(H,21,22)/p-1. The first-order chi connectivity index (χ1) is 10.4. The third kappa shape index (κ3) is 1.98. The molecule has 2 amide bonds. The Hall–Kier alpha value is -2.95. The van der Waals surface area contributed by atoms with Crippen LogP contribution < -0.4 is 10.0 Å². The maximum atomic E-state index is 12.5. The molecule has 110 valence electrons. The van der Waals surface area contributed by atoms with Crippen molar-refractivity contribution in [3.8, 4) is 0 Å². The van der Waals surface area contributed by atoms with Crippen molar-refractivity contribution >= 4 is 23.5 Å². The van der Waals surface area contributed by atoms with Gasteiger partial charge in [0, 0.05) is 0 Å². The van der Waals surface area contributed by atoms with Crippen LogP contribution in [0.1, 0.15) is 42.2 Å². The van der Waals surface area contributed by atoms with Crippen LogP contribution in [-0.2, 0) is 0 Å². The van der Waals surface area contributed by atoms with Crippen LogP contribution in [0, 0.1) is 13.8 Å². The molecular weight excluding hydrogens is 282 g/mol. The highest BCUT2D eigenvalue weighted by molar-refractivity contribution is 6.34. The summed E-state index contributed by atoms with van der Waals surface area (Å²) in [5.74, 6) is -2.35. The lowest BCUT2D eigenvalue weighted by atomic mass is 10.1. The number of carbonyl (C=O) groups excluding carboxylic acids is 3. The Morgan fingerprint density at radius 2 is 1.59 bits per heavy atom. The first-order valence-corrected chi connectivity index (χ1v) is 6.71. The summed E-state index contributed by atoms with van der Waals surface area (Å²) in [4.78, 5) is 36.9. The molecule has 2 aromatic rings. The van der Waals surface area contributed by atoms with Gasteiger partial charge in [-0.25, -0.2) is 4.90 Å². The lowest BCUT2D eigenvalue weighted by Crippen LogP contribution is -2.29. The Kier molecular flexibility index (Phi) is 3.06. The zero-order valence-corrected chi connectivity index (χ0v) is 12.0. The van der Waals surface area contributed by atoms with Crippen LogP contribution in [0.15, 0.2) is 36.4 Å². The summed E-state index contributed by atoms with van der Waals surface area (Å²) < 4.78 is 0. The van der Waals surface area contributed by atoms with Gasteiger partial charge in [0.05, 0.1) is 22.8 Å². The van der Waals surface area contributed by atoms with Crippen molar-refractivity contribution in [3.63, 3.8) is 0 Å². The lowest BCUT2D eigenvalue weighted by Gasteiger charge is -2.15. The fraction of sp³-hybridized carbons (Fsp3) is 0.118. The van der Waals surface area contributed by atoms with E-state index in [1.165, 1.54) is 18.2 Å². The molecule has 0 fully saturated rings. The van der Waals surface area contributed by atoms with Crippen LogP contribution in [0.3, 0.4) is 0 Å². The number of carboxylic acid groups (broad SMARTS) is 1. The number of fused-ring (bicyclic) bond motifs is 1. The molecule has 0 unspecified atom stereocenters. The Morgan fingerprint density at radius 1 is 0.909 bits per heavy atom. The van der Waals surface area contributed by atoms with E-state index in [2.05, 4.69) is 0 Å². The van der Waals surface area contributed by atoms with Crippen LogP contribution in [-0.4, -0.2) is 17.8 Å². The summed E-state index contributed by atoms with van der Waals surface area (Å²) in [7, 11) is 0. The molecule has 5 heteroatoms. The predicted octanol–water partition coefficient (Wildman–Crippen LogP) is 1.47. The number of imide groups is 1. The summed E-state index contributed by atoms with van der Waals surface area (Å²) in [6.45, 7) is 3.83. The second-order valence-corrected chi connectivity index (χ2v) is 5.26. The van der Waals surface area contributed by atoms with Crippen molar-refractivity contribution in [2.75, 3.05) is 4.90 Å². The van der Waals surface area contributed by atoms with Gasteiger partial charge in [0.15, 0.2) is 0 Å². The lowest BCUT2D eigenvalue weighted by molar-refractivity contribution is -0.255. The largest absolute Gasteiger partial charge is 0.545 e. The molecular formula is C17H12NO4-. The summed E-state index contributed by atoms with van der Waals surface area (Å²) in [6, 6.07) is 9.10. The second kappa shape index (κ2) is 4.80. The molecule has 0 N–H and O–H groups in total. The van der Waals surface area contributed by atoms with Gasteiger partial charge in [-0.15, -0.1) is 0 Å². The minimum Gasteiger partial charge on any atom is -0.545 e. The molecule has 5 nitrogen and oxygen atoms in total. The number of anilines is 1. The highest BCUT2D eigenvalue weighted by Crippen LogP contribution is 2.30. The quantitative estimate of drug-likeness (QED) is 0.786. The summed E-state index contributed by atoms with van der Waals surface area (Å²) in [5, 5.41) is 10.9. The van der Waals surface area contributed by atoms with E-state index in [1.807, 2.05) is 19.9 Å². The molecule has 0 bridgehead atoms. The van der Waals surface area contributed by atoms with E-state index in [-0.39, 0.29) is 16.7 Å². The van der Waals surface area contributed by atoms with Gasteiger partial charge >= 0.3 is 0 Å². The SMILES string of the molecule is Cc1ccc(N2C(=O)c3ccc(C(=O)[O-])cc3C2=O)cc1C. The number of carboxylic acids is 1. The minimum absolute atomic E-state index is 0.0879. The Balaban J connectivity index is 2.09. The number of amides is 2. The highest BCUT2D eigenvalue weighted by Gasteiger charge is 2.36. The molecule has 0 saturated carbocycles. The van der Waals surface area contributed by atoms with Crippen molar-refractivity contribution in [2.24, 2.45) is 0 Å². The van der Waals surface area contributed by atoms with Gasteiger partial charge in [0.1, 0.15) is 0 Å². The van der Waals surface area contributed by atoms with Crippen LogP contribution >= 0.6 is 0 Å². The molecule has 2 aromatic carbocycles. The summed E-state index contributed by atoms with van der Waals surface area (Å²) >= 11 is 0. The van der Waals surface area contributed by atoms with E-state index >= 15 is 0 Å². The van der Waals surface area contributed by atoms with Gasteiger partial charge in [-0.2, -0.15) is 0 Å². The van der Waals surface area contributed by atoms with Crippen molar-refractivity contribution in [1.29, 1.82) is 0 Å². The molecule has 1 aliphatic heterocycles. The number of aromatic carboxylic acids is 1. The monoisotopic (exact) mass is 294 g/mol. The summed E-state index contributed by atoms with van der Waals surface area (Å²) in [5.41, 5.74) is 2.66. The van der Waals surface area contributed by atoms with Gasteiger partial charge in [0.2, 0.25) is 0 Å². The first kappa shape index (κ1) is 14.0. The third-order valence-corrected chi connectivity index (χ3v) is 3.87. The van der Waals surface area contributed by atoms with Crippen LogP contribution in [0.5, 0.6) is 0 Å². The van der Waals surface area contributed by atoms with Crippen molar-refractivity contribution in [1.82, 2.24) is 0 Å². The molecule has 0 saturated heterocycles. The molecule has 0 aromatic heterocycles. The average molecular weight is 294 g/mol. The number of benzene rings is 2. The van der Waals surface area contributed by atoms with E-state index in [0.29, 0.717) is 5.69 Å². The van der Waals surface area contributed by atoms with Crippen molar-refractivity contribution in [2.45, 2.75) is 13.8 Å². The Morgan fingerprint density at radius 3 is 2.23 bits per heavy atom. The third-order valence-electron chi connectivity index (χ3n) is 3.87. The normalized spacial score (nSPS) is 13.5. The smallest absolute Gasteiger partial charge is 0.266 e. The molecule has 3 rings (SSSR count). The van der Waals surface area contributed by atoms with E-state index in [4.69, 9.17) is 0 Å². The topological polar surface area (TPSA) is 77.5 Å². The Bertz CT molecular complexity index is 839. The van der Waals surface area contributed by atoms with Gasteiger partial charge in [-0.1, -0.05) is 12.1 Å². The van der Waals surface area contributed by atoms with Crippen LogP contribution in [0.4, 0.5) is 5.69 Å². The predicted molar refractivity (Wildman–Crippen MR) is 77.8 cm³/mol. The van der Waals surface area contributed by atoms with E-state index < -0.39 is 17.8 Å². The fourth-order valence-corrected chi connectivity index (χ4v) is 2.47. The number of nitrogens with zero attached hydrogens (tertiary/aromatic N) is 1. The summed E-state index contributed by atoms with van der Waals surface area (Å²) in [6.07, 6.45) is 0. The van der Waals surface area contributed by atoms with Gasteiger partial charge in [-0.3, -0.25) is 9.59 Å². The molecule has 0 radical (unpaired) electrons. The van der Waals surface area contributed by atoms with Crippen LogP contribution in [0.25, 0.3) is 0 Å². The zero-order chi connectivity index (χ0) is 16.0. The van der Waals surface area contributed by atoms with Gasteiger partial charge < -0.3 is 9.90 Å². The fourth-order valence-electron chi connectivity index (χ4n) is 2.47. The highest BCUT2D eigenvalue weighted by atomic mass is 16.4. The maximum absolute atomic E-state index is 12.5. The number of hydrogen-bond acceptors (Lipinski definition) is 4. The van der Waals surface area contributed by atoms with Crippen molar-refractivity contribution in [3.05, 3.63) is 64.2 Å². The van der Waals surface area contributed by atoms with Gasteiger partial charge in [-0.05, 0) is 54.8 Å². The minimum atomic E-state index is -1.38. The van der Waals surface area contributed by atoms with E-state index in [9.17, 15) is 19.5 Å². The molecule has 0 atom stereocenters. The zero-order valence-electron chi connectivity index (χ0n) is 12.0. The van der Waals surface area contributed by atoms with Crippen LogP contribution in [0.2, 0.25) is 0 Å². The number of aryl methyl sites for hydroxylation is 2. The Labute approximate surface area is 126 Å². The number of hydrogen-bond donors (Lipinski definition) is 0. The molecule has 1 aliphatic rings. The molecule has 22 heavy (non-hydrogen) atoms. The maximum Gasteiger partial charge on any atom is 0.266 e. The van der Waals surface area contributed by atoms with Gasteiger partial charge in [0.25, 0.3) is 11.8 Å².